The Bertz CT molecular complexity index is 1010. The number of carbonyl (C=O) groups is 3. The van der Waals surface area contributed by atoms with Gasteiger partial charge in [0, 0.05) is 5.69 Å². The average molecular weight is 415 g/mol. The van der Waals surface area contributed by atoms with Crippen molar-refractivity contribution in [1.29, 1.82) is 0 Å². The number of nitrogens with one attached hydrogen (secondary N) is 1. The van der Waals surface area contributed by atoms with E-state index in [9.17, 15) is 14.4 Å². The Morgan fingerprint density at radius 2 is 1.52 bits per heavy atom. The third kappa shape index (κ3) is 3.48. The summed E-state index contributed by atoms with van der Waals surface area (Å²) in [5.41, 5.74) is 2.62. The second-order valence-electron chi connectivity index (χ2n) is 8.93. The zero-order valence-electron chi connectivity index (χ0n) is 17.5. The lowest BCUT2D eigenvalue weighted by atomic mass is 9.63. The van der Waals surface area contributed by atoms with Crippen molar-refractivity contribution in [2.45, 2.75) is 32.2 Å². The van der Waals surface area contributed by atoms with Crippen LogP contribution in [0.15, 0.2) is 66.7 Å². The number of rotatable bonds is 5. The van der Waals surface area contributed by atoms with Crippen LogP contribution < -0.4 is 5.32 Å². The quantitative estimate of drug-likeness (QED) is 0.587. The van der Waals surface area contributed by atoms with E-state index in [1.165, 1.54) is 4.90 Å². The molecule has 5 nitrogen and oxygen atoms in total. The van der Waals surface area contributed by atoms with Gasteiger partial charge in [-0.15, -0.1) is 0 Å². The van der Waals surface area contributed by atoms with Crippen molar-refractivity contribution in [3.05, 3.63) is 77.9 Å². The summed E-state index contributed by atoms with van der Waals surface area (Å²) in [4.78, 5) is 41.3. The summed E-state index contributed by atoms with van der Waals surface area (Å²) < 4.78 is 0. The molecule has 1 N–H and O–H groups in total. The molecular weight excluding hydrogens is 388 g/mol. The summed E-state index contributed by atoms with van der Waals surface area (Å²) >= 11 is 0. The molecule has 1 aliphatic heterocycles. The van der Waals surface area contributed by atoms with Gasteiger partial charge in [0.1, 0.15) is 0 Å². The third-order valence-corrected chi connectivity index (χ3v) is 7.00. The summed E-state index contributed by atoms with van der Waals surface area (Å²) in [6, 6.07) is 16.4. The number of aryl methyl sites for hydroxylation is 1. The molecular formula is C26H26N2O3. The zero-order chi connectivity index (χ0) is 21.5. The topological polar surface area (TPSA) is 66.5 Å². The number of allylic oxidation sites excluding steroid dienone is 2. The maximum Gasteiger partial charge on any atom is 0.234 e. The molecule has 3 aliphatic carbocycles. The predicted molar refractivity (Wildman–Crippen MR) is 118 cm³/mol. The molecule has 3 amide bonds. The number of benzene rings is 2. The Labute approximate surface area is 182 Å². The minimum atomic E-state index is -0.600. The van der Waals surface area contributed by atoms with Crippen LogP contribution in [0.4, 0.5) is 5.69 Å². The van der Waals surface area contributed by atoms with E-state index in [1.54, 1.807) is 0 Å². The van der Waals surface area contributed by atoms with Gasteiger partial charge in [-0.3, -0.25) is 19.3 Å². The highest BCUT2D eigenvalue weighted by Gasteiger charge is 2.58. The molecule has 2 aromatic rings. The van der Waals surface area contributed by atoms with E-state index in [1.807, 2.05) is 61.5 Å². The molecule has 5 atom stereocenters. The monoisotopic (exact) mass is 414 g/mol. The van der Waals surface area contributed by atoms with Gasteiger partial charge in [-0.2, -0.15) is 0 Å². The molecule has 1 heterocycles. The summed E-state index contributed by atoms with van der Waals surface area (Å²) in [7, 11) is 0. The fourth-order valence-electron chi connectivity index (χ4n) is 5.46. The van der Waals surface area contributed by atoms with Crippen molar-refractivity contribution in [3.8, 4) is 0 Å². The van der Waals surface area contributed by atoms with Crippen molar-refractivity contribution in [2.75, 3.05) is 5.32 Å². The van der Waals surface area contributed by atoms with E-state index >= 15 is 0 Å². The van der Waals surface area contributed by atoms with Crippen LogP contribution in [-0.4, -0.2) is 22.6 Å². The van der Waals surface area contributed by atoms with Crippen LogP contribution >= 0.6 is 0 Å². The van der Waals surface area contributed by atoms with E-state index in [2.05, 4.69) is 17.5 Å². The summed E-state index contributed by atoms with van der Waals surface area (Å²) in [5.74, 6) is -0.736. The average Bonchev–Trinajstić information content (AvgIpc) is 3.07. The highest BCUT2D eigenvalue weighted by molar-refractivity contribution is 6.07. The van der Waals surface area contributed by atoms with Crippen LogP contribution in [0.1, 0.15) is 36.4 Å². The first-order chi connectivity index (χ1) is 15.0. The van der Waals surface area contributed by atoms with E-state index in [4.69, 9.17) is 0 Å². The Balaban J connectivity index is 1.43. The third-order valence-electron chi connectivity index (χ3n) is 7.00. The number of anilines is 1. The molecule has 2 fully saturated rings. The Kier molecular flexibility index (Phi) is 4.97. The summed E-state index contributed by atoms with van der Waals surface area (Å²) in [6.07, 6.45) is 6.19. The van der Waals surface area contributed by atoms with Crippen LogP contribution in [0, 0.1) is 30.6 Å². The second-order valence-corrected chi connectivity index (χ2v) is 8.93. The van der Waals surface area contributed by atoms with Crippen molar-refractivity contribution < 1.29 is 14.4 Å². The maximum absolute atomic E-state index is 13.5. The van der Waals surface area contributed by atoms with Gasteiger partial charge in [-0.25, -0.2) is 0 Å². The fourth-order valence-corrected chi connectivity index (χ4v) is 5.46. The van der Waals surface area contributed by atoms with Crippen molar-refractivity contribution in [2.24, 2.45) is 23.7 Å². The SMILES string of the molecule is Cc1ccc(NC(=O)C[C@H](c2ccccc2)N2C(=O)[C@@H]3[C@@H](C2=O)[C@H]2C=C[C@H]3CC2)cc1. The van der Waals surface area contributed by atoms with Crippen LogP contribution in [0.5, 0.6) is 0 Å². The first-order valence-corrected chi connectivity index (χ1v) is 11.0. The highest BCUT2D eigenvalue weighted by Crippen LogP contribution is 2.51. The molecule has 5 heteroatoms. The van der Waals surface area contributed by atoms with Crippen LogP contribution in [0.2, 0.25) is 0 Å². The normalized spacial score (nSPS) is 27.3. The maximum atomic E-state index is 13.5. The molecule has 2 bridgehead atoms. The molecule has 0 unspecified atom stereocenters. The first kappa shape index (κ1) is 19.7. The highest BCUT2D eigenvalue weighted by atomic mass is 16.2. The fraction of sp³-hybridized carbons (Fsp3) is 0.346. The predicted octanol–water partition coefficient (Wildman–Crippen LogP) is 4.26. The van der Waals surface area contributed by atoms with E-state index in [0.717, 1.165) is 24.0 Å². The van der Waals surface area contributed by atoms with E-state index in [0.29, 0.717) is 5.69 Å². The lowest BCUT2D eigenvalue weighted by Gasteiger charge is -2.38. The molecule has 1 saturated heterocycles. The number of likely N-dealkylation sites (tertiary alicyclic amines) is 1. The summed E-state index contributed by atoms with van der Waals surface area (Å²) in [5, 5.41) is 2.91. The minimum absolute atomic E-state index is 0.0393. The molecule has 2 aromatic carbocycles. The van der Waals surface area contributed by atoms with Crippen molar-refractivity contribution in [3.63, 3.8) is 0 Å². The van der Waals surface area contributed by atoms with Crippen molar-refractivity contribution >= 4 is 23.4 Å². The van der Waals surface area contributed by atoms with Crippen molar-refractivity contribution in [1.82, 2.24) is 4.90 Å². The van der Waals surface area contributed by atoms with Gasteiger partial charge in [0.25, 0.3) is 0 Å². The standard InChI is InChI=1S/C26H26N2O3/c1-16-7-13-20(14-8-16)27-22(29)15-21(17-5-3-2-4-6-17)28-25(30)23-18-9-10-19(12-11-18)24(23)26(28)31/h2-10,13-14,18-19,21,23-24H,11-12,15H2,1H3,(H,27,29)/t18-,19-,21+,23-,24-/m0/s1. The van der Waals surface area contributed by atoms with Crippen LogP contribution in [-0.2, 0) is 14.4 Å². The van der Waals surface area contributed by atoms with Gasteiger partial charge in [-0.05, 0) is 49.3 Å². The Hall–Kier alpha value is -3.21. The van der Waals surface area contributed by atoms with Gasteiger partial charge in [0.15, 0.2) is 0 Å². The first-order valence-electron chi connectivity index (χ1n) is 11.0. The molecule has 6 rings (SSSR count). The van der Waals surface area contributed by atoms with E-state index < -0.39 is 6.04 Å². The number of carbonyl (C=O) groups excluding carboxylic acids is 3. The molecule has 0 spiro atoms. The molecule has 1 saturated carbocycles. The lowest BCUT2D eigenvalue weighted by Crippen LogP contribution is -2.38. The van der Waals surface area contributed by atoms with Gasteiger partial charge < -0.3 is 5.32 Å². The molecule has 31 heavy (non-hydrogen) atoms. The summed E-state index contributed by atoms with van der Waals surface area (Å²) in [6.45, 7) is 1.99. The number of hydrogen-bond acceptors (Lipinski definition) is 3. The van der Waals surface area contributed by atoms with Crippen LogP contribution in [0.3, 0.4) is 0 Å². The van der Waals surface area contributed by atoms with Crippen LogP contribution in [0.25, 0.3) is 0 Å². The number of nitrogens with zero attached hydrogens (tertiary/aromatic N) is 1. The second kappa shape index (κ2) is 7.80. The molecule has 0 radical (unpaired) electrons. The lowest BCUT2D eigenvalue weighted by molar-refractivity contribution is -0.143. The van der Waals surface area contributed by atoms with Gasteiger partial charge in [0.05, 0.1) is 24.3 Å². The van der Waals surface area contributed by atoms with Gasteiger partial charge in [0.2, 0.25) is 17.7 Å². The number of amides is 3. The molecule has 4 aliphatic rings. The minimum Gasteiger partial charge on any atom is -0.326 e. The smallest absolute Gasteiger partial charge is 0.234 e. The zero-order valence-corrected chi connectivity index (χ0v) is 17.5. The molecule has 158 valence electrons. The Morgan fingerprint density at radius 1 is 0.935 bits per heavy atom. The number of imide groups is 1. The molecule has 0 aromatic heterocycles. The van der Waals surface area contributed by atoms with Gasteiger partial charge >= 0.3 is 0 Å². The largest absolute Gasteiger partial charge is 0.326 e. The van der Waals surface area contributed by atoms with Gasteiger partial charge in [-0.1, -0.05) is 60.2 Å². The number of fused-ring (bicyclic) bond motifs is 1. The number of hydrogen-bond donors (Lipinski definition) is 1. The Morgan fingerprint density at radius 3 is 2.06 bits per heavy atom. The van der Waals surface area contributed by atoms with E-state index in [-0.39, 0.29) is 47.8 Å².